The van der Waals surface area contributed by atoms with Gasteiger partial charge in [0.1, 0.15) is 0 Å². The zero-order chi connectivity index (χ0) is 30.9. The number of aliphatic hydroxyl groups excluding tert-OH is 1. The minimum absolute atomic E-state index is 0.0106. The predicted molar refractivity (Wildman–Crippen MR) is 177 cm³/mol. The van der Waals surface area contributed by atoms with Gasteiger partial charge in [-0.05, 0) is 49.2 Å². The molecule has 1 aliphatic heterocycles. The van der Waals surface area contributed by atoms with Crippen LogP contribution in [0.5, 0.6) is 0 Å². The molecule has 0 aromatic heterocycles. The third kappa shape index (κ3) is 12.3. The molecule has 0 spiro atoms. The van der Waals surface area contributed by atoms with Gasteiger partial charge in [0.2, 0.25) is 5.91 Å². The van der Waals surface area contributed by atoms with E-state index in [1.807, 2.05) is 36.4 Å². The van der Waals surface area contributed by atoms with Gasteiger partial charge in [-0.25, -0.2) is 0 Å². The van der Waals surface area contributed by atoms with E-state index in [2.05, 4.69) is 43.1 Å². The first-order chi connectivity index (χ1) is 20.9. The molecule has 1 fully saturated rings. The molecule has 4 atom stereocenters. The number of benzene rings is 2. The average molecular weight is 595 g/mol. The van der Waals surface area contributed by atoms with Crippen molar-refractivity contribution >= 4 is 11.6 Å². The summed E-state index contributed by atoms with van der Waals surface area (Å²) in [6.45, 7) is 11.5. The molecule has 43 heavy (non-hydrogen) atoms. The summed E-state index contributed by atoms with van der Waals surface area (Å²) in [7, 11) is 0. The number of carbonyl (C=O) groups is 1. The molecule has 3 rings (SSSR count). The largest absolute Gasteiger partial charge is 0.392 e. The maximum atomic E-state index is 11.5. The van der Waals surface area contributed by atoms with Gasteiger partial charge < -0.3 is 24.8 Å². The highest BCUT2D eigenvalue weighted by Crippen LogP contribution is 2.42. The van der Waals surface area contributed by atoms with Crippen LogP contribution in [-0.4, -0.2) is 41.7 Å². The van der Waals surface area contributed by atoms with Gasteiger partial charge in [0, 0.05) is 30.6 Å². The first-order valence-electron chi connectivity index (χ1n) is 17.1. The Kier molecular flexibility index (Phi) is 16.3. The van der Waals surface area contributed by atoms with Crippen molar-refractivity contribution in [3.63, 3.8) is 0 Å². The molecule has 0 aliphatic carbocycles. The van der Waals surface area contributed by atoms with Gasteiger partial charge in [0.05, 0.1) is 18.8 Å². The second-order valence-electron chi connectivity index (χ2n) is 12.5. The molecule has 2 aromatic carbocycles. The van der Waals surface area contributed by atoms with Crippen LogP contribution in [0.25, 0.3) is 0 Å². The van der Waals surface area contributed by atoms with Crippen LogP contribution in [-0.2, 0) is 20.9 Å². The van der Waals surface area contributed by atoms with Crippen molar-refractivity contribution in [3.05, 3.63) is 65.2 Å². The van der Waals surface area contributed by atoms with Crippen LogP contribution in [0.4, 0.5) is 5.69 Å². The monoisotopic (exact) mass is 594 g/mol. The Morgan fingerprint density at radius 1 is 0.767 bits per heavy atom. The number of aliphatic hydroxyl groups is 1. The highest BCUT2D eigenvalue weighted by Gasteiger charge is 2.39. The molecule has 240 valence electrons. The molecule has 1 amide bonds. The second-order valence-corrected chi connectivity index (χ2v) is 12.5. The van der Waals surface area contributed by atoms with E-state index in [1.54, 1.807) is 0 Å². The molecule has 1 aliphatic rings. The highest BCUT2D eigenvalue weighted by molar-refractivity contribution is 5.88. The van der Waals surface area contributed by atoms with Gasteiger partial charge in [0.15, 0.2) is 6.29 Å². The van der Waals surface area contributed by atoms with Crippen molar-refractivity contribution in [2.45, 2.75) is 130 Å². The molecule has 0 bridgehead atoms. The van der Waals surface area contributed by atoms with E-state index in [-0.39, 0.29) is 30.6 Å². The summed E-state index contributed by atoms with van der Waals surface area (Å²) in [5, 5.41) is 12.4. The molecular formula is C37H58N2O4. The number of rotatable bonds is 20. The molecule has 1 heterocycles. The number of hydrogen-bond donors (Lipinski definition) is 2. The Labute approximate surface area is 261 Å². The third-order valence-corrected chi connectivity index (χ3v) is 8.72. The van der Waals surface area contributed by atoms with Gasteiger partial charge >= 0.3 is 0 Å². The summed E-state index contributed by atoms with van der Waals surface area (Å²) in [6, 6.07) is 15.9. The summed E-state index contributed by atoms with van der Waals surface area (Å²) in [6.07, 6.45) is 15.0. The van der Waals surface area contributed by atoms with E-state index in [9.17, 15) is 9.90 Å². The van der Waals surface area contributed by atoms with E-state index < -0.39 is 6.29 Å². The van der Waals surface area contributed by atoms with Crippen LogP contribution in [0.3, 0.4) is 0 Å². The highest BCUT2D eigenvalue weighted by atomic mass is 16.7. The van der Waals surface area contributed by atoms with Crippen molar-refractivity contribution in [2.24, 2.45) is 5.92 Å². The van der Waals surface area contributed by atoms with Gasteiger partial charge in [-0.15, -0.1) is 0 Å². The molecule has 6 heteroatoms. The zero-order valence-electron chi connectivity index (χ0n) is 27.4. The summed E-state index contributed by atoms with van der Waals surface area (Å²) < 4.78 is 13.4. The fourth-order valence-corrected chi connectivity index (χ4v) is 6.04. The Hall–Kier alpha value is -2.25. The molecule has 2 N–H and O–H groups in total. The first kappa shape index (κ1) is 35.2. The zero-order valence-corrected chi connectivity index (χ0v) is 27.4. The van der Waals surface area contributed by atoms with E-state index >= 15 is 0 Å². The maximum absolute atomic E-state index is 11.5. The van der Waals surface area contributed by atoms with Crippen molar-refractivity contribution in [3.8, 4) is 0 Å². The van der Waals surface area contributed by atoms with Crippen LogP contribution in [0.1, 0.15) is 134 Å². The molecular weight excluding hydrogens is 536 g/mol. The number of unbranched alkanes of at least 4 members (excludes halogenated alkanes) is 10. The number of nitrogens with zero attached hydrogens (tertiary/aromatic N) is 1. The number of carbonyl (C=O) groups excluding carboxylic acids is 1. The van der Waals surface area contributed by atoms with Crippen molar-refractivity contribution in [1.82, 2.24) is 4.90 Å². The molecule has 2 aromatic rings. The van der Waals surface area contributed by atoms with Crippen LogP contribution in [0, 0.1) is 5.92 Å². The van der Waals surface area contributed by atoms with E-state index in [4.69, 9.17) is 9.47 Å². The first-order valence-corrected chi connectivity index (χ1v) is 17.1. The molecule has 1 saturated heterocycles. The fourth-order valence-electron chi connectivity index (χ4n) is 6.04. The lowest BCUT2D eigenvalue weighted by molar-refractivity contribution is -0.276. The van der Waals surface area contributed by atoms with Gasteiger partial charge in [-0.2, -0.15) is 0 Å². The minimum atomic E-state index is -0.500. The topological polar surface area (TPSA) is 71.0 Å². The van der Waals surface area contributed by atoms with Crippen LogP contribution < -0.4 is 5.32 Å². The fraction of sp³-hybridized carbons (Fsp3) is 0.649. The summed E-state index contributed by atoms with van der Waals surface area (Å²) >= 11 is 0. The van der Waals surface area contributed by atoms with Crippen molar-refractivity contribution < 1.29 is 19.4 Å². The van der Waals surface area contributed by atoms with Crippen molar-refractivity contribution in [2.75, 3.05) is 25.0 Å². The standard InChI is InChI=1S/C37H58N2O4/c1-5-7-9-11-13-15-25-39(26-16-14-12-10-8-6-2)27-35-29(3)36(32-19-17-31(28-40)18-20-32)43-37(42-35)33-21-23-34(24-22-33)38-30(4)41/h17-24,29,35-37,40H,5-16,25-28H2,1-4H3,(H,38,41). The lowest BCUT2D eigenvalue weighted by Gasteiger charge is -2.43. The van der Waals surface area contributed by atoms with Gasteiger partial charge in [0.25, 0.3) is 0 Å². The lowest BCUT2D eigenvalue weighted by Crippen LogP contribution is -2.45. The Balaban J connectivity index is 1.75. The number of nitrogens with one attached hydrogen (secondary N) is 1. The van der Waals surface area contributed by atoms with Crippen LogP contribution >= 0.6 is 0 Å². The number of amides is 1. The Morgan fingerprint density at radius 2 is 1.30 bits per heavy atom. The summed E-state index contributed by atoms with van der Waals surface area (Å²) in [5.41, 5.74) is 3.71. The van der Waals surface area contributed by atoms with Crippen LogP contribution in [0.2, 0.25) is 0 Å². The quantitative estimate of drug-likeness (QED) is 0.150. The smallest absolute Gasteiger partial charge is 0.221 e. The SMILES string of the molecule is CCCCCCCCN(CCCCCCCC)CC1OC(c2ccc(NC(C)=O)cc2)OC(c2ccc(CO)cc2)C1C. The number of ether oxygens (including phenoxy) is 2. The summed E-state index contributed by atoms with van der Waals surface area (Å²) in [4.78, 5) is 14.2. The van der Waals surface area contributed by atoms with Gasteiger partial charge in [-0.1, -0.05) is 121 Å². The minimum Gasteiger partial charge on any atom is -0.392 e. The number of anilines is 1. The molecule has 4 unspecified atom stereocenters. The predicted octanol–water partition coefficient (Wildman–Crippen LogP) is 8.95. The molecule has 0 radical (unpaired) electrons. The lowest BCUT2D eigenvalue weighted by atomic mass is 9.90. The average Bonchev–Trinajstić information content (AvgIpc) is 3.01. The normalized spacial score (nSPS) is 20.4. The molecule has 6 nitrogen and oxygen atoms in total. The van der Waals surface area contributed by atoms with E-state index in [1.165, 1.54) is 84.0 Å². The Morgan fingerprint density at radius 3 is 1.84 bits per heavy atom. The maximum Gasteiger partial charge on any atom is 0.221 e. The summed E-state index contributed by atoms with van der Waals surface area (Å²) in [5.74, 6) is 0.0699. The number of hydrogen-bond acceptors (Lipinski definition) is 5. The second kappa shape index (κ2) is 19.9. The van der Waals surface area contributed by atoms with Crippen molar-refractivity contribution in [1.29, 1.82) is 0 Å². The van der Waals surface area contributed by atoms with E-state index in [0.717, 1.165) is 42.0 Å². The third-order valence-electron chi connectivity index (χ3n) is 8.72. The Bertz CT molecular complexity index is 1010. The molecule has 0 saturated carbocycles. The van der Waals surface area contributed by atoms with E-state index in [0.29, 0.717) is 0 Å². The van der Waals surface area contributed by atoms with Crippen LogP contribution in [0.15, 0.2) is 48.5 Å². The van der Waals surface area contributed by atoms with Gasteiger partial charge in [-0.3, -0.25) is 4.79 Å².